The van der Waals surface area contributed by atoms with Crippen LogP contribution in [0.1, 0.15) is 17.2 Å². The average Bonchev–Trinajstić information content (AvgIpc) is 2.76. The summed E-state index contributed by atoms with van der Waals surface area (Å²) in [6.45, 7) is 0. The summed E-state index contributed by atoms with van der Waals surface area (Å²) in [5, 5.41) is 2.74. The van der Waals surface area contributed by atoms with Gasteiger partial charge in [-0.3, -0.25) is 4.79 Å². The third-order valence-corrected chi connectivity index (χ3v) is 4.50. The van der Waals surface area contributed by atoms with Crippen molar-refractivity contribution < 1.29 is 28.4 Å². The van der Waals surface area contributed by atoms with Gasteiger partial charge in [0.1, 0.15) is 6.04 Å². The number of rotatable bonds is 10. The van der Waals surface area contributed by atoms with E-state index < -0.39 is 31.1 Å². The van der Waals surface area contributed by atoms with Crippen LogP contribution in [0.15, 0.2) is 54.6 Å². The van der Waals surface area contributed by atoms with Gasteiger partial charge < -0.3 is 24.1 Å². The largest absolute Gasteiger partial charge is 0.493 e. The van der Waals surface area contributed by atoms with Crippen LogP contribution in [0.25, 0.3) is 0 Å². The normalized spacial score (nSPS) is 12.7. The summed E-state index contributed by atoms with van der Waals surface area (Å²) < 4.78 is 20.7. The van der Waals surface area contributed by atoms with Crippen molar-refractivity contribution in [1.29, 1.82) is 0 Å². The molecule has 0 fully saturated rings. The molecule has 1 amide bonds. The van der Waals surface area contributed by atoms with E-state index in [1.54, 1.807) is 26.4 Å². The topological polar surface area (TPSA) is 83.1 Å². The second-order valence-electron chi connectivity index (χ2n) is 6.36. The molecule has 0 aromatic heterocycles. The highest BCUT2D eigenvalue weighted by Crippen LogP contribution is 2.17. The summed E-state index contributed by atoms with van der Waals surface area (Å²) >= 11 is 0. The fourth-order valence-corrected chi connectivity index (χ4v) is 3.02. The van der Waals surface area contributed by atoms with Crippen molar-refractivity contribution in [3.05, 3.63) is 65.7 Å². The number of carbonyl (C=O) groups is 2. The molecule has 2 aromatic carbocycles. The first-order valence-electron chi connectivity index (χ1n) is 9.14. The van der Waals surface area contributed by atoms with Crippen molar-refractivity contribution in [1.82, 2.24) is 5.32 Å². The average molecular weight is 399 g/mol. The molecule has 0 saturated heterocycles. The number of benzene rings is 2. The van der Waals surface area contributed by atoms with Crippen molar-refractivity contribution in [2.45, 2.75) is 18.6 Å². The van der Waals surface area contributed by atoms with Gasteiger partial charge in [-0.25, -0.2) is 4.79 Å². The minimum absolute atomic E-state index is 0.272. The fraction of sp³-hybridized carbons (Fsp3) is 0.333. The van der Waals surface area contributed by atoms with Gasteiger partial charge in [0, 0.05) is 27.8 Å². The molecule has 0 unspecified atom stereocenters. The van der Waals surface area contributed by atoms with E-state index in [9.17, 15) is 9.59 Å². The third kappa shape index (κ3) is 6.15. The van der Waals surface area contributed by atoms with Gasteiger partial charge in [0.05, 0.1) is 7.11 Å². The van der Waals surface area contributed by atoms with Gasteiger partial charge >= 0.3 is 13.1 Å². The molecule has 0 spiro atoms. The number of ether oxygens (including phenoxy) is 2. The Morgan fingerprint density at radius 1 is 0.931 bits per heavy atom. The summed E-state index contributed by atoms with van der Waals surface area (Å²) in [4.78, 5) is 25.0. The maximum Gasteiger partial charge on any atom is 0.493 e. The second-order valence-corrected chi connectivity index (χ2v) is 6.36. The summed E-state index contributed by atoms with van der Waals surface area (Å²) in [6.07, 6.45) is -0.552. The van der Waals surface area contributed by atoms with E-state index in [1.807, 2.05) is 42.5 Å². The van der Waals surface area contributed by atoms with E-state index in [1.165, 1.54) is 14.2 Å². The van der Waals surface area contributed by atoms with Gasteiger partial charge in [-0.05, 0) is 16.6 Å². The molecule has 29 heavy (non-hydrogen) atoms. The highest BCUT2D eigenvalue weighted by Gasteiger charge is 2.27. The summed E-state index contributed by atoms with van der Waals surface area (Å²) in [5.74, 6) is -0.943. The zero-order chi connectivity index (χ0) is 21.2. The first-order chi connectivity index (χ1) is 14.0. The maximum atomic E-state index is 12.7. The van der Waals surface area contributed by atoms with Crippen LogP contribution in [0.4, 0.5) is 0 Å². The van der Waals surface area contributed by atoms with E-state index in [2.05, 4.69) is 5.32 Å². The quantitative estimate of drug-likeness (QED) is 0.479. The highest BCUT2D eigenvalue weighted by molar-refractivity contribution is 6.61. The molecule has 1 N–H and O–H groups in total. The van der Waals surface area contributed by atoms with Crippen LogP contribution in [-0.2, 0) is 34.8 Å². The number of esters is 1. The predicted molar refractivity (Wildman–Crippen MR) is 110 cm³/mol. The minimum Gasteiger partial charge on any atom is -0.467 e. The van der Waals surface area contributed by atoms with E-state index >= 15 is 0 Å². The molecule has 2 rings (SSSR count). The van der Waals surface area contributed by atoms with Gasteiger partial charge in [0.2, 0.25) is 0 Å². The van der Waals surface area contributed by atoms with E-state index in [0.717, 1.165) is 11.0 Å². The predicted octanol–water partition coefficient (Wildman–Crippen LogP) is 1.26. The fourth-order valence-electron chi connectivity index (χ4n) is 3.02. The molecule has 8 heteroatoms. The first kappa shape index (κ1) is 22.6. The van der Waals surface area contributed by atoms with Gasteiger partial charge in [0.25, 0.3) is 5.91 Å². The number of carbonyl (C=O) groups excluding carboxylic acids is 2. The van der Waals surface area contributed by atoms with Crippen LogP contribution < -0.4 is 10.8 Å². The number of hydrogen-bond acceptors (Lipinski definition) is 6. The Labute approximate surface area is 171 Å². The molecule has 7 nitrogen and oxygen atoms in total. The van der Waals surface area contributed by atoms with Crippen molar-refractivity contribution in [3.63, 3.8) is 0 Å². The Balaban J connectivity index is 2.13. The first-order valence-corrected chi connectivity index (χ1v) is 9.14. The van der Waals surface area contributed by atoms with Crippen LogP contribution in [0.2, 0.25) is 0 Å². The number of amides is 1. The van der Waals surface area contributed by atoms with E-state index in [0.29, 0.717) is 5.56 Å². The standard InChI is InChI=1S/C21H26BNO6/c1-26-19(16-8-6-5-7-9-16)20(24)23-18(21(25)27-2)14-15-10-12-17(13-11-15)22(28-3)29-4/h5-13,18-19H,14H2,1-4H3,(H,23,24)/t18-,19+/m1/s1. The van der Waals surface area contributed by atoms with Crippen LogP contribution in [0, 0.1) is 0 Å². The lowest BCUT2D eigenvalue weighted by Gasteiger charge is -2.21. The van der Waals surface area contributed by atoms with Crippen molar-refractivity contribution in [2.24, 2.45) is 0 Å². The SMILES string of the molecule is COB(OC)c1ccc(C[C@@H](NC(=O)[C@@H](OC)c2ccccc2)C(=O)OC)cc1. The summed E-state index contributed by atoms with van der Waals surface area (Å²) in [5.41, 5.74) is 2.40. The molecular weight excluding hydrogens is 373 g/mol. The van der Waals surface area contributed by atoms with Crippen LogP contribution in [0.3, 0.4) is 0 Å². The maximum absolute atomic E-state index is 12.7. The monoisotopic (exact) mass is 399 g/mol. The van der Waals surface area contributed by atoms with Gasteiger partial charge in [-0.2, -0.15) is 0 Å². The van der Waals surface area contributed by atoms with Crippen LogP contribution in [-0.4, -0.2) is 53.5 Å². The van der Waals surface area contributed by atoms with Gasteiger partial charge in [-0.15, -0.1) is 0 Å². The van der Waals surface area contributed by atoms with E-state index in [4.69, 9.17) is 18.8 Å². The molecule has 0 aliphatic carbocycles. The summed E-state index contributed by atoms with van der Waals surface area (Å²) in [7, 11) is 5.39. The summed E-state index contributed by atoms with van der Waals surface area (Å²) in [6, 6.07) is 15.6. The Morgan fingerprint density at radius 2 is 1.55 bits per heavy atom. The zero-order valence-electron chi connectivity index (χ0n) is 17.1. The third-order valence-electron chi connectivity index (χ3n) is 4.50. The molecule has 154 valence electrons. The van der Waals surface area contributed by atoms with E-state index in [-0.39, 0.29) is 6.42 Å². The van der Waals surface area contributed by atoms with Crippen molar-refractivity contribution in [3.8, 4) is 0 Å². The molecule has 2 aromatic rings. The molecular formula is C21H26BNO6. The lowest BCUT2D eigenvalue weighted by Crippen LogP contribution is -2.45. The number of hydrogen-bond donors (Lipinski definition) is 1. The highest BCUT2D eigenvalue weighted by atomic mass is 16.6. The Kier molecular flexibility index (Phi) is 8.86. The van der Waals surface area contributed by atoms with Crippen molar-refractivity contribution >= 4 is 24.5 Å². The van der Waals surface area contributed by atoms with Crippen molar-refractivity contribution in [2.75, 3.05) is 28.4 Å². The lowest BCUT2D eigenvalue weighted by molar-refractivity contribution is -0.146. The van der Waals surface area contributed by atoms with Crippen LogP contribution in [0.5, 0.6) is 0 Å². The molecule has 0 aliphatic rings. The Bertz CT molecular complexity index is 780. The van der Waals surface area contributed by atoms with Crippen LogP contribution >= 0.6 is 0 Å². The molecule has 0 heterocycles. The molecule has 0 bridgehead atoms. The molecule has 0 saturated carbocycles. The Hall–Kier alpha value is -2.68. The van der Waals surface area contributed by atoms with Gasteiger partial charge in [-0.1, -0.05) is 54.6 Å². The number of methoxy groups -OCH3 is 2. The minimum atomic E-state index is -0.847. The van der Waals surface area contributed by atoms with Gasteiger partial charge in [0.15, 0.2) is 6.10 Å². The molecule has 0 aliphatic heterocycles. The lowest BCUT2D eigenvalue weighted by atomic mass is 9.78. The Morgan fingerprint density at radius 3 is 2.07 bits per heavy atom. The second kappa shape index (κ2) is 11.4. The molecule has 0 radical (unpaired) electrons. The zero-order valence-corrected chi connectivity index (χ0v) is 17.1. The molecule has 2 atom stereocenters. The smallest absolute Gasteiger partial charge is 0.467 e. The number of nitrogens with one attached hydrogen (secondary N) is 1.